The highest BCUT2D eigenvalue weighted by Crippen LogP contribution is 2.33. The predicted molar refractivity (Wildman–Crippen MR) is 107 cm³/mol. The third-order valence-electron chi connectivity index (χ3n) is 4.58. The summed E-state index contributed by atoms with van der Waals surface area (Å²) < 4.78 is 7.83. The second-order valence-corrected chi connectivity index (χ2v) is 7.56. The molecule has 0 aliphatic rings. The predicted octanol–water partition coefficient (Wildman–Crippen LogP) is 5.57. The lowest BCUT2D eigenvalue weighted by molar-refractivity contribution is 0.0352. The number of unbranched alkanes of at least 4 members (excludes halogenated alkanes) is 6. The van der Waals surface area contributed by atoms with E-state index in [9.17, 15) is 5.11 Å². The van der Waals surface area contributed by atoms with Gasteiger partial charge < -0.3 is 14.4 Å². The highest BCUT2D eigenvalue weighted by molar-refractivity contribution is 6.30. The van der Waals surface area contributed by atoms with Gasteiger partial charge in [0.25, 0.3) is 0 Å². The summed E-state index contributed by atoms with van der Waals surface area (Å²) in [7, 11) is 0. The Morgan fingerprint density at radius 1 is 1.15 bits per heavy atom. The number of rotatable bonds is 12. The van der Waals surface area contributed by atoms with Gasteiger partial charge >= 0.3 is 0 Å². The Morgan fingerprint density at radius 3 is 2.58 bits per heavy atom. The van der Waals surface area contributed by atoms with Crippen LogP contribution >= 0.6 is 11.6 Å². The van der Waals surface area contributed by atoms with Crippen molar-refractivity contribution in [2.75, 3.05) is 6.61 Å². The molecular formula is C21H31ClN2O2. The van der Waals surface area contributed by atoms with Crippen molar-refractivity contribution in [2.24, 2.45) is 0 Å². The van der Waals surface area contributed by atoms with Crippen LogP contribution in [0.2, 0.25) is 5.02 Å². The number of aliphatic hydroxyl groups is 1. The molecule has 0 saturated carbocycles. The van der Waals surface area contributed by atoms with Crippen molar-refractivity contribution in [2.45, 2.75) is 70.9 Å². The van der Waals surface area contributed by atoms with Gasteiger partial charge in [-0.25, -0.2) is 4.98 Å². The molecule has 26 heavy (non-hydrogen) atoms. The molecule has 1 aromatic heterocycles. The van der Waals surface area contributed by atoms with Crippen LogP contribution in [0.25, 0.3) is 0 Å². The first-order chi connectivity index (χ1) is 12.5. The molecule has 0 amide bonds. The molecule has 4 nitrogen and oxygen atoms in total. The number of imidazole rings is 1. The van der Waals surface area contributed by atoms with Gasteiger partial charge in [0.15, 0.2) is 0 Å². The topological polar surface area (TPSA) is 47.3 Å². The Bertz CT molecular complexity index is 641. The van der Waals surface area contributed by atoms with Gasteiger partial charge in [-0.2, -0.15) is 0 Å². The van der Waals surface area contributed by atoms with E-state index in [0.717, 1.165) is 6.42 Å². The fraction of sp³-hybridized carbons (Fsp3) is 0.571. The van der Waals surface area contributed by atoms with E-state index in [-0.39, 0.29) is 0 Å². The molecule has 5 heteroatoms. The SMILES string of the molecule is CCCCCCCCCOc1ccc(Cl)cc1C(C)(O)Cn1ccnc1. The van der Waals surface area contributed by atoms with Gasteiger partial charge in [0, 0.05) is 23.0 Å². The van der Waals surface area contributed by atoms with E-state index >= 15 is 0 Å². The molecule has 0 radical (unpaired) electrons. The molecule has 0 bridgehead atoms. The minimum Gasteiger partial charge on any atom is -0.493 e. The van der Waals surface area contributed by atoms with Crippen molar-refractivity contribution >= 4 is 11.6 Å². The Hall–Kier alpha value is -1.52. The van der Waals surface area contributed by atoms with E-state index in [4.69, 9.17) is 16.3 Å². The molecule has 2 aromatic rings. The third kappa shape index (κ3) is 6.65. The summed E-state index contributed by atoms with van der Waals surface area (Å²) in [5.74, 6) is 0.700. The van der Waals surface area contributed by atoms with Crippen LogP contribution < -0.4 is 4.74 Å². The normalized spacial score (nSPS) is 13.5. The zero-order valence-corrected chi connectivity index (χ0v) is 16.7. The highest BCUT2D eigenvalue weighted by Gasteiger charge is 2.28. The van der Waals surface area contributed by atoms with Gasteiger partial charge in [0.05, 0.1) is 19.5 Å². The van der Waals surface area contributed by atoms with Gasteiger partial charge in [-0.1, -0.05) is 57.0 Å². The first kappa shape index (κ1) is 20.8. The van der Waals surface area contributed by atoms with Crippen LogP contribution in [0.15, 0.2) is 36.9 Å². The fourth-order valence-corrected chi connectivity index (χ4v) is 3.28. The number of ether oxygens (including phenoxy) is 1. The van der Waals surface area contributed by atoms with Crippen LogP contribution in [0.4, 0.5) is 0 Å². The molecule has 144 valence electrons. The van der Waals surface area contributed by atoms with Crippen LogP contribution in [0, 0.1) is 0 Å². The average Bonchev–Trinajstić information content (AvgIpc) is 3.10. The Morgan fingerprint density at radius 2 is 1.88 bits per heavy atom. The summed E-state index contributed by atoms with van der Waals surface area (Å²) in [6.45, 7) is 5.06. The minimum absolute atomic E-state index is 0.390. The van der Waals surface area contributed by atoms with E-state index < -0.39 is 5.60 Å². The Kier molecular flexibility index (Phi) is 8.46. The van der Waals surface area contributed by atoms with Crippen LogP contribution in [-0.2, 0) is 12.1 Å². The van der Waals surface area contributed by atoms with E-state index in [0.29, 0.717) is 29.5 Å². The fourth-order valence-electron chi connectivity index (χ4n) is 3.11. The molecule has 1 aromatic carbocycles. The number of hydrogen-bond acceptors (Lipinski definition) is 3. The number of aromatic nitrogens is 2. The maximum absolute atomic E-state index is 11.0. The minimum atomic E-state index is -1.10. The highest BCUT2D eigenvalue weighted by atomic mass is 35.5. The van der Waals surface area contributed by atoms with E-state index in [2.05, 4.69) is 11.9 Å². The van der Waals surface area contributed by atoms with Gasteiger partial charge in [-0.3, -0.25) is 0 Å². The zero-order chi connectivity index (χ0) is 18.8. The van der Waals surface area contributed by atoms with Crippen molar-refractivity contribution in [1.82, 2.24) is 9.55 Å². The van der Waals surface area contributed by atoms with Crippen molar-refractivity contribution in [1.29, 1.82) is 0 Å². The lowest BCUT2D eigenvalue weighted by Gasteiger charge is -2.27. The zero-order valence-electron chi connectivity index (χ0n) is 16.0. The smallest absolute Gasteiger partial charge is 0.125 e. The molecule has 0 fully saturated rings. The maximum Gasteiger partial charge on any atom is 0.125 e. The standard InChI is InChI=1S/C21H31ClN2O2/c1-3-4-5-6-7-8-9-14-26-20-11-10-18(22)15-19(20)21(2,25)16-24-13-12-23-17-24/h10-13,15,17,25H,3-9,14,16H2,1-2H3. The number of nitrogens with zero attached hydrogens (tertiary/aromatic N) is 2. The number of benzene rings is 1. The van der Waals surface area contributed by atoms with Crippen molar-refractivity contribution in [3.63, 3.8) is 0 Å². The molecule has 1 N–H and O–H groups in total. The maximum atomic E-state index is 11.0. The van der Waals surface area contributed by atoms with Crippen molar-refractivity contribution in [3.8, 4) is 5.75 Å². The van der Waals surface area contributed by atoms with Crippen LogP contribution in [0.5, 0.6) is 5.75 Å². The second kappa shape index (κ2) is 10.6. The summed E-state index contributed by atoms with van der Waals surface area (Å²) in [6.07, 6.45) is 13.9. The summed E-state index contributed by atoms with van der Waals surface area (Å²) in [5, 5.41) is 11.6. The van der Waals surface area contributed by atoms with Gasteiger partial charge in [-0.05, 0) is 31.5 Å². The summed E-state index contributed by atoms with van der Waals surface area (Å²) in [5.41, 5.74) is -0.386. The van der Waals surface area contributed by atoms with Gasteiger partial charge in [0.2, 0.25) is 0 Å². The van der Waals surface area contributed by atoms with E-state index in [1.54, 1.807) is 31.6 Å². The first-order valence-electron chi connectivity index (χ1n) is 9.64. The summed E-state index contributed by atoms with van der Waals surface area (Å²) >= 11 is 6.16. The van der Waals surface area contributed by atoms with Crippen LogP contribution in [0.1, 0.15) is 64.4 Å². The molecule has 1 atom stereocenters. The molecule has 0 aliphatic heterocycles. The van der Waals surface area contributed by atoms with E-state index in [1.165, 1.54) is 38.5 Å². The monoisotopic (exact) mass is 378 g/mol. The Labute approximate surface area is 162 Å². The average molecular weight is 379 g/mol. The lowest BCUT2D eigenvalue weighted by Crippen LogP contribution is -2.28. The lowest BCUT2D eigenvalue weighted by atomic mass is 9.95. The molecule has 1 heterocycles. The molecule has 1 unspecified atom stereocenters. The molecule has 2 rings (SSSR count). The summed E-state index contributed by atoms with van der Waals surface area (Å²) in [6, 6.07) is 5.44. The third-order valence-corrected chi connectivity index (χ3v) is 4.81. The van der Waals surface area contributed by atoms with Crippen molar-refractivity contribution < 1.29 is 9.84 Å². The van der Waals surface area contributed by atoms with Crippen molar-refractivity contribution in [3.05, 3.63) is 47.5 Å². The van der Waals surface area contributed by atoms with Gasteiger partial charge in [0.1, 0.15) is 11.4 Å². The first-order valence-corrected chi connectivity index (χ1v) is 10.0. The molecule has 0 saturated heterocycles. The molecule has 0 aliphatic carbocycles. The number of halogens is 1. The van der Waals surface area contributed by atoms with E-state index in [1.807, 2.05) is 16.8 Å². The van der Waals surface area contributed by atoms with Gasteiger partial charge in [-0.15, -0.1) is 0 Å². The number of hydrogen-bond donors (Lipinski definition) is 1. The quantitative estimate of drug-likeness (QED) is 0.491. The molecular weight excluding hydrogens is 348 g/mol. The van der Waals surface area contributed by atoms with Crippen LogP contribution in [0.3, 0.4) is 0 Å². The summed E-state index contributed by atoms with van der Waals surface area (Å²) in [4.78, 5) is 4.03. The largest absolute Gasteiger partial charge is 0.493 e. The second-order valence-electron chi connectivity index (χ2n) is 7.12. The van der Waals surface area contributed by atoms with Crippen LogP contribution in [-0.4, -0.2) is 21.3 Å². The molecule has 0 spiro atoms. The Balaban J connectivity index is 1.90.